The Balaban J connectivity index is 2.72. The molecule has 0 aliphatic heterocycles. The molecule has 0 fully saturated rings. The number of benzene rings is 1. The molecular formula is C13H15NO4. The molecule has 1 aromatic carbocycles. The first kappa shape index (κ1) is 14.2. The van der Waals surface area contributed by atoms with Gasteiger partial charge in [-0.15, -0.1) is 6.42 Å². The Morgan fingerprint density at radius 1 is 1.50 bits per heavy atom. The number of ether oxygens (including phenoxy) is 1. The van der Waals surface area contributed by atoms with Crippen LogP contribution in [0.5, 0.6) is 0 Å². The van der Waals surface area contributed by atoms with Crippen molar-refractivity contribution >= 4 is 5.91 Å². The average molecular weight is 249 g/mol. The van der Waals surface area contributed by atoms with Crippen LogP contribution in [0.4, 0.5) is 0 Å². The maximum Gasteiger partial charge on any atom is 0.251 e. The molecule has 0 heterocycles. The quantitative estimate of drug-likeness (QED) is 0.495. The molecule has 5 heteroatoms. The number of amides is 1. The summed E-state index contributed by atoms with van der Waals surface area (Å²) in [5, 5.41) is 20.9. The summed E-state index contributed by atoms with van der Waals surface area (Å²) < 4.78 is 4.63. The van der Waals surface area contributed by atoms with Gasteiger partial charge in [0.05, 0.1) is 6.61 Å². The number of aliphatic hydroxyl groups excluding tert-OH is 2. The Kier molecular flexibility index (Phi) is 5.33. The van der Waals surface area contributed by atoms with Crippen molar-refractivity contribution in [3.8, 4) is 12.3 Å². The predicted molar refractivity (Wildman–Crippen MR) is 65.7 cm³/mol. The van der Waals surface area contributed by atoms with Gasteiger partial charge in [0.1, 0.15) is 6.04 Å². The van der Waals surface area contributed by atoms with Crippen LogP contribution in [0, 0.1) is 12.3 Å². The summed E-state index contributed by atoms with van der Waals surface area (Å²) in [6.45, 7) is -0.427. The summed E-state index contributed by atoms with van der Waals surface area (Å²) in [4.78, 5) is 11.8. The van der Waals surface area contributed by atoms with Crippen LogP contribution in [0.15, 0.2) is 24.3 Å². The first-order chi connectivity index (χ1) is 8.62. The lowest BCUT2D eigenvalue weighted by atomic mass is 10.1. The number of aliphatic hydroxyl groups is 2. The lowest BCUT2D eigenvalue weighted by Crippen LogP contribution is -2.46. The van der Waals surface area contributed by atoms with E-state index in [2.05, 4.69) is 16.0 Å². The van der Waals surface area contributed by atoms with Gasteiger partial charge >= 0.3 is 0 Å². The Hall–Kier alpha value is -1.87. The molecule has 0 aliphatic rings. The zero-order chi connectivity index (χ0) is 13.5. The molecule has 0 saturated carbocycles. The molecule has 5 nitrogen and oxygen atoms in total. The van der Waals surface area contributed by atoms with Gasteiger partial charge in [0, 0.05) is 18.2 Å². The molecule has 3 N–H and O–H groups in total. The van der Waals surface area contributed by atoms with Crippen LogP contribution < -0.4 is 5.32 Å². The van der Waals surface area contributed by atoms with Crippen molar-refractivity contribution in [2.45, 2.75) is 12.3 Å². The van der Waals surface area contributed by atoms with Crippen molar-refractivity contribution in [2.24, 2.45) is 0 Å². The summed E-state index contributed by atoms with van der Waals surface area (Å²) in [6, 6.07) is 5.52. The second kappa shape index (κ2) is 6.77. The number of nitrogens with one attached hydrogen (secondary N) is 1. The molecule has 0 bridgehead atoms. The number of carbonyl (C=O) groups excluding carboxylic acids is 1. The fourth-order valence-electron chi connectivity index (χ4n) is 1.34. The van der Waals surface area contributed by atoms with Gasteiger partial charge in [0.2, 0.25) is 0 Å². The average Bonchev–Trinajstić information content (AvgIpc) is 2.43. The minimum Gasteiger partial charge on any atom is -0.394 e. The van der Waals surface area contributed by atoms with E-state index in [9.17, 15) is 9.90 Å². The van der Waals surface area contributed by atoms with Gasteiger partial charge in [-0.3, -0.25) is 4.79 Å². The van der Waals surface area contributed by atoms with Gasteiger partial charge < -0.3 is 20.3 Å². The van der Waals surface area contributed by atoms with Crippen LogP contribution in [0.2, 0.25) is 0 Å². The van der Waals surface area contributed by atoms with Crippen molar-refractivity contribution in [2.75, 3.05) is 13.7 Å². The first-order valence-corrected chi connectivity index (χ1v) is 5.31. The normalized spacial score (nSPS) is 13.4. The highest BCUT2D eigenvalue weighted by atomic mass is 16.6. The molecule has 0 spiro atoms. The van der Waals surface area contributed by atoms with E-state index in [1.165, 1.54) is 7.11 Å². The molecule has 0 aliphatic carbocycles. The summed E-state index contributed by atoms with van der Waals surface area (Å²) in [7, 11) is 1.28. The first-order valence-electron chi connectivity index (χ1n) is 5.31. The van der Waals surface area contributed by atoms with Crippen LogP contribution in [-0.4, -0.2) is 42.2 Å². The largest absolute Gasteiger partial charge is 0.394 e. The number of hydrogen-bond acceptors (Lipinski definition) is 4. The van der Waals surface area contributed by atoms with E-state index in [4.69, 9.17) is 11.5 Å². The molecule has 1 aromatic rings. The minimum atomic E-state index is -1.26. The number of hydrogen-bond donors (Lipinski definition) is 3. The van der Waals surface area contributed by atoms with Gasteiger partial charge in [-0.1, -0.05) is 5.92 Å². The molecule has 1 rings (SSSR count). The maximum atomic E-state index is 11.8. The highest BCUT2D eigenvalue weighted by molar-refractivity contribution is 5.94. The fourth-order valence-corrected chi connectivity index (χ4v) is 1.34. The number of terminal acetylenes is 1. The highest BCUT2D eigenvalue weighted by Gasteiger charge is 2.20. The van der Waals surface area contributed by atoms with Crippen LogP contribution in [-0.2, 0) is 4.74 Å². The van der Waals surface area contributed by atoms with Crippen LogP contribution >= 0.6 is 0 Å². The third-order valence-corrected chi connectivity index (χ3v) is 2.41. The van der Waals surface area contributed by atoms with Crippen molar-refractivity contribution < 1.29 is 19.7 Å². The molecule has 1 amide bonds. The molecule has 0 saturated heterocycles. The number of carbonyl (C=O) groups is 1. The van der Waals surface area contributed by atoms with Crippen LogP contribution in [0.1, 0.15) is 15.9 Å². The monoisotopic (exact) mass is 249 g/mol. The van der Waals surface area contributed by atoms with E-state index in [1.54, 1.807) is 24.3 Å². The highest BCUT2D eigenvalue weighted by Crippen LogP contribution is 2.04. The van der Waals surface area contributed by atoms with Crippen molar-refractivity contribution in [1.82, 2.24) is 5.32 Å². The fraction of sp³-hybridized carbons (Fsp3) is 0.308. The van der Waals surface area contributed by atoms with E-state index >= 15 is 0 Å². The summed E-state index contributed by atoms with van der Waals surface area (Å²) in [6.07, 6.45) is 3.94. The third-order valence-electron chi connectivity index (χ3n) is 2.41. The summed E-state index contributed by atoms with van der Waals surface area (Å²) in [5.41, 5.74) is 1.05. The van der Waals surface area contributed by atoms with Crippen molar-refractivity contribution in [3.63, 3.8) is 0 Å². The standard InChI is InChI=1S/C13H15NO4/c1-3-9-4-6-10(7-5-9)12(16)14-11(8-15)13(17)18-2/h1,4-7,11,13,15,17H,8H2,2H3,(H,14,16)/t11-,13?/m1/s1. The van der Waals surface area contributed by atoms with Crippen molar-refractivity contribution in [1.29, 1.82) is 0 Å². The SMILES string of the molecule is C#Cc1ccc(C(=O)N[C@H](CO)C(O)OC)cc1. The van der Waals surface area contributed by atoms with E-state index < -0.39 is 24.8 Å². The molecule has 0 aromatic heterocycles. The Bertz CT molecular complexity index is 435. The zero-order valence-electron chi connectivity index (χ0n) is 9.96. The topological polar surface area (TPSA) is 78.8 Å². The number of methoxy groups -OCH3 is 1. The van der Waals surface area contributed by atoms with Gasteiger partial charge in [-0.2, -0.15) is 0 Å². The van der Waals surface area contributed by atoms with E-state index in [0.717, 1.165) is 0 Å². The second-order valence-corrected chi connectivity index (χ2v) is 3.61. The Morgan fingerprint density at radius 2 is 2.11 bits per heavy atom. The summed E-state index contributed by atoms with van der Waals surface area (Å²) >= 11 is 0. The second-order valence-electron chi connectivity index (χ2n) is 3.61. The lowest BCUT2D eigenvalue weighted by molar-refractivity contribution is -0.103. The van der Waals surface area contributed by atoms with Gasteiger partial charge in [0.15, 0.2) is 6.29 Å². The van der Waals surface area contributed by atoms with Crippen molar-refractivity contribution in [3.05, 3.63) is 35.4 Å². The smallest absolute Gasteiger partial charge is 0.251 e. The molecule has 1 unspecified atom stereocenters. The molecule has 18 heavy (non-hydrogen) atoms. The lowest BCUT2D eigenvalue weighted by Gasteiger charge is -2.20. The third kappa shape index (κ3) is 3.57. The minimum absolute atomic E-state index is 0.385. The Labute approximate surface area is 105 Å². The van der Waals surface area contributed by atoms with Crippen LogP contribution in [0.3, 0.4) is 0 Å². The van der Waals surface area contributed by atoms with Gasteiger partial charge in [-0.25, -0.2) is 0 Å². The molecule has 96 valence electrons. The molecular weight excluding hydrogens is 234 g/mol. The molecule has 2 atom stereocenters. The van der Waals surface area contributed by atoms with E-state index in [-0.39, 0.29) is 0 Å². The van der Waals surface area contributed by atoms with Gasteiger partial charge in [0.25, 0.3) is 5.91 Å². The maximum absolute atomic E-state index is 11.8. The van der Waals surface area contributed by atoms with Gasteiger partial charge in [-0.05, 0) is 24.3 Å². The summed E-state index contributed by atoms with van der Waals surface area (Å²) in [5.74, 6) is 2.02. The molecule has 0 radical (unpaired) electrons. The van der Waals surface area contributed by atoms with Crippen LogP contribution in [0.25, 0.3) is 0 Å². The predicted octanol–water partition coefficient (Wildman–Crippen LogP) is -0.277. The number of rotatable bonds is 5. The van der Waals surface area contributed by atoms with E-state index in [1.807, 2.05) is 0 Å². The van der Waals surface area contributed by atoms with E-state index in [0.29, 0.717) is 11.1 Å². The Morgan fingerprint density at radius 3 is 2.56 bits per heavy atom. The zero-order valence-corrected chi connectivity index (χ0v) is 9.96.